The number of carbonyl (C=O) groups is 1. The van der Waals surface area contributed by atoms with Crippen LogP contribution >= 0.6 is 12.2 Å². The Bertz CT molecular complexity index is 801. The molecule has 4 N–H and O–H groups in total. The molecular weight excluding hydrogens is 330 g/mol. The van der Waals surface area contributed by atoms with Crippen molar-refractivity contribution in [2.24, 2.45) is 7.05 Å². The van der Waals surface area contributed by atoms with Crippen LogP contribution in [0.5, 0.6) is 0 Å². The van der Waals surface area contributed by atoms with E-state index in [-0.39, 0.29) is 16.0 Å². The Morgan fingerprint density at radius 1 is 1.48 bits per heavy atom. The molecule has 0 fully saturated rings. The summed E-state index contributed by atoms with van der Waals surface area (Å²) in [7, 11) is 1.30. The minimum Gasteiger partial charge on any atom is -0.465 e. The van der Waals surface area contributed by atoms with Crippen molar-refractivity contribution in [3.8, 4) is 0 Å². The highest BCUT2D eigenvalue weighted by Crippen LogP contribution is 2.44. The average Bonchev–Trinajstić information content (AvgIpc) is 2.79. The summed E-state index contributed by atoms with van der Waals surface area (Å²) in [6, 6.07) is 5.13. The van der Waals surface area contributed by atoms with Crippen molar-refractivity contribution in [1.82, 2.24) is 14.8 Å². The fraction of sp³-hybridized carbons (Fsp3) is 0.308. The summed E-state index contributed by atoms with van der Waals surface area (Å²) in [6.07, 6.45) is -1.34. The quantitative estimate of drug-likeness (QED) is 0.638. The summed E-state index contributed by atoms with van der Waals surface area (Å²) in [5, 5.41) is 26.9. The van der Waals surface area contributed by atoms with Crippen molar-refractivity contribution in [2.45, 2.75) is 18.4 Å². The van der Waals surface area contributed by atoms with Gasteiger partial charge in [0.05, 0.1) is 0 Å². The lowest BCUT2D eigenvalue weighted by atomic mass is 9.88. The first-order chi connectivity index (χ1) is 10.6. The number of nitrogens with zero attached hydrogens (tertiary/aromatic N) is 2. The normalized spacial score (nSPS) is 14.3. The van der Waals surface area contributed by atoms with E-state index in [1.54, 1.807) is 0 Å². The molecule has 1 atom stereocenters. The number of nitrogens with one attached hydrogen (secondary N) is 2. The van der Waals surface area contributed by atoms with E-state index in [1.807, 2.05) is 5.32 Å². The minimum absolute atomic E-state index is 0.0169. The maximum atomic E-state index is 14.8. The Morgan fingerprint density at radius 2 is 2.13 bits per heavy atom. The smallest absolute Gasteiger partial charge is 0.409 e. The largest absolute Gasteiger partial charge is 0.465 e. The molecule has 1 aromatic carbocycles. The number of aliphatic hydroxyl groups is 1. The van der Waals surface area contributed by atoms with Gasteiger partial charge < -0.3 is 14.8 Å². The Morgan fingerprint density at radius 3 is 2.65 bits per heavy atom. The highest BCUT2D eigenvalue weighted by atomic mass is 32.1. The maximum Gasteiger partial charge on any atom is 0.409 e. The lowest BCUT2D eigenvalue weighted by molar-refractivity contribution is -0.191. The number of hydrogen-bond acceptors (Lipinski definition) is 4. The van der Waals surface area contributed by atoms with Crippen LogP contribution in [0.2, 0.25) is 0 Å². The molecule has 0 aliphatic carbocycles. The first-order valence-corrected chi connectivity index (χ1v) is 6.80. The van der Waals surface area contributed by atoms with Crippen molar-refractivity contribution in [3.05, 3.63) is 40.4 Å². The second kappa shape index (κ2) is 5.70. The number of carboxylic acid groups (broad SMARTS) is 1. The predicted molar refractivity (Wildman–Crippen MR) is 79.9 cm³/mol. The Balaban J connectivity index is 2.50. The van der Waals surface area contributed by atoms with E-state index in [9.17, 15) is 18.7 Å². The van der Waals surface area contributed by atoms with Crippen LogP contribution in [0.1, 0.15) is 18.3 Å². The molecule has 1 amide bonds. The number of benzene rings is 1. The Kier molecular flexibility index (Phi) is 4.22. The van der Waals surface area contributed by atoms with Crippen LogP contribution in [0.4, 0.5) is 19.3 Å². The third kappa shape index (κ3) is 2.94. The summed E-state index contributed by atoms with van der Waals surface area (Å²) in [4.78, 5) is 10.6. The molecule has 2 aromatic rings. The van der Waals surface area contributed by atoms with Gasteiger partial charge in [-0.2, -0.15) is 13.9 Å². The molecule has 0 aliphatic rings. The second-order valence-electron chi connectivity index (χ2n) is 5.07. The molecule has 0 radical (unpaired) electrons. The second-order valence-corrected chi connectivity index (χ2v) is 5.46. The summed E-state index contributed by atoms with van der Waals surface area (Å²) >= 11 is 4.81. The zero-order valence-electron chi connectivity index (χ0n) is 12.2. The van der Waals surface area contributed by atoms with Gasteiger partial charge in [-0.15, -0.1) is 0 Å². The lowest BCUT2D eigenvalue weighted by Crippen LogP contribution is -2.42. The zero-order valence-corrected chi connectivity index (χ0v) is 13.0. The highest BCUT2D eigenvalue weighted by Gasteiger charge is 2.55. The number of halogens is 2. The molecule has 0 bridgehead atoms. The molecule has 1 aromatic heterocycles. The molecule has 23 heavy (non-hydrogen) atoms. The predicted octanol–water partition coefficient (Wildman–Crippen LogP) is 2.57. The van der Waals surface area contributed by atoms with Crippen molar-refractivity contribution in [1.29, 1.82) is 0 Å². The average molecular weight is 344 g/mol. The van der Waals surface area contributed by atoms with Gasteiger partial charge in [-0.1, -0.05) is 12.1 Å². The Hall–Kier alpha value is -2.33. The van der Waals surface area contributed by atoms with Crippen LogP contribution in [0.3, 0.4) is 0 Å². The van der Waals surface area contributed by atoms with Gasteiger partial charge in [-0.3, -0.25) is 10.4 Å². The Labute approximate surface area is 134 Å². The van der Waals surface area contributed by atoms with Gasteiger partial charge >= 0.3 is 12.0 Å². The van der Waals surface area contributed by atoms with Crippen LogP contribution in [0.15, 0.2) is 24.3 Å². The number of H-pyrrole nitrogens is 1. The molecule has 7 nitrogen and oxygen atoms in total. The SMILES string of the molecule is Cn1c(C(F)(F)C(C)(O)c2cccc(NC(=O)O)c2)n[nH]c1=S. The summed E-state index contributed by atoms with van der Waals surface area (Å²) < 4.78 is 30.4. The number of aromatic amines is 1. The van der Waals surface area contributed by atoms with Gasteiger partial charge in [0, 0.05) is 12.7 Å². The summed E-state index contributed by atoms with van der Waals surface area (Å²) in [5.74, 6) is -4.51. The molecule has 10 heteroatoms. The number of hydrogen-bond donors (Lipinski definition) is 4. The monoisotopic (exact) mass is 344 g/mol. The van der Waals surface area contributed by atoms with E-state index in [4.69, 9.17) is 17.3 Å². The van der Waals surface area contributed by atoms with E-state index in [0.717, 1.165) is 17.6 Å². The number of rotatable bonds is 4. The third-order valence-electron chi connectivity index (χ3n) is 3.45. The number of alkyl halides is 2. The number of anilines is 1. The van der Waals surface area contributed by atoms with Crippen LogP contribution in [0, 0.1) is 4.77 Å². The highest BCUT2D eigenvalue weighted by molar-refractivity contribution is 7.71. The van der Waals surface area contributed by atoms with E-state index < -0.39 is 23.4 Å². The van der Waals surface area contributed by atoms with Gasteiger partial charge in [0.15, 0.2) is 10.4 Å². The minimum atomic E-state index is -3.78. The zero-order chi connectivity index (χ0) is 17.4. The van der Waals surface area contributed by atoms with Crippen molar-refractivity contribution in [3.63, 3.8) is 0 Å². The summed E-state index contributed by atoms with van der Waals surface area (Å²) in [6.45, 7) is 0.921. The molecule has 0 spiro atoms. The van der Waals surface area contributed by atoms with Gasteiger partial charge in [0.2, 0.25) is 5.82 Å². The fourth-order valence-corrected chi connectivity index (χ4v) is 2.18. The van der Waals surface area contributed by atoms with Gasteiger partial charge in [0.25, 0.3) is 0 Å². The fourth-order valence-electron chi connectivity index (χ4n) is 2.05. The molecule has 124 valence electrons. The van der Waals surface area contributed by atoms with Gasteiger partial charge in [-0.25, -0.2) is 4.79 Å². The van der Waals surface area contributed by atoms with Crippen LogP contribution < -0.4 is 5.32 Å². The number of amides is 1. The standard InChI is InChI=1S/C13H14F2N4O3S/c1-12(22,7-4-3-5-8(6-7)16-11(20)21)13(14,15)9-17-18-10(23)19(9)2/h3-6,16,22H,1-2H3,(H,18,23)(H,20,21). The van der Waals surface area contributed by atoms with E-state index in [1.165, 1.54) is 25.2 Å². The lowest BCUT2D eigenvalue weighted by Gasteiger charge is -2.32. The molecule has 1 unspecified atom stereocenters. The van der Waals surface area contributed by atoms with Crippen LogP contribution in [-0.2, 0) is 18.6 Å². The first-order valence-electron chi connectivity index (χ1n) is 6.40. The number of aromatic nitrogens is 3. The van der Waals surface area contributed by atoms with E-state index in [2.05, 4.69) is 10.2 Å². The molecular formula is C13H14F2N4O3S. The van der Waals surface area contributed by atoms with Crippen molar-refractivity contribution in [2.75, 3.05) is 5.32 Å². The molecule has 1 heterocycles. The maximum absolute atomic E-state index is 14.8. The molecule has 2 rings (SSSR count). The molecule has 0 saturated heterocycles. The van der Waals surface area contributed by atoms with E-state index >= 15 is 0 Å². The third-order valence-corrected chi connectivity index (χ3v) is 3.81. The van der Waals surface area contributed by atoms with Crippen molar-refractivity contribution < 1.29 is 23.8 Å². The van der Waals surface area contributed by atoms with Gasteiger partial charge in [0.1, 0.15) is 0 Å². The molecule has 0 saturated carbocycles. The van der Waals surface area contributed by atoms with Crippen LogP contribution in [0.25, 0.3) is 0 Å². The topological polar surface area (TPSA) is 103 Å². The van der Waals surface area contributed by atoms with E-state index in [0.29, 0.717) is 0 Å². The first kappa shape index (κ1) is 17.0. The molecule has 0 aliphatic heterocycles. The van der Waals surface area contributed by atoms with Crippen molar-refractivity contribution >= 4 is 24.0 Å². The van der Waals surface area contributed by atoms with Gasteiger partial charge in [-0.05, 0) is 36.8 Å². The van der Waals surface area contributed by atoms with Crippen LogP contribution in [-0.4, -0.2) is 31.1 Å². The summed E-state index contributed by atoms with van der Waals surface area (Å²) in [5.41, 5.74) is -2.76.